The van der Waals surface area contributed by atoms with Gasteiger partial charge in [0.2, 0.25) is 0 Å². The van der Waals surface area contributed by atoms with Crippen LogP contribution in [0.1, 0.15) is 16.1 Å². The number of esters is 1. The molecule has 0 aliphatic heterocycles. The van der Waals surface area contributed by atoms with Crippen LogP contribution in [0.15, 0.2) is 45.5 Å². The molecule has 0 fully saturated rings. The van der Waals surface area contributed by atoms with Gasteiger partial charge in [0.25, 0.3) is 0 Å². The second-order valence-corrected chi connectivity index (χ2v) is 4.15. The molecule has 0 unspecified atom stereocenters. The van der Waals surface area contributed by atoms with E-state index >= 15 is 0 Å². The van der Waals surface area contributed by atoms with Crippen LogP contribution >= 0.6 is 15.9 Å². The van der Waals surface area contributed by atoms with Crippen molar-refractivity contribution in [3.63, 3.8) is 0 Å². The lowest BCUT2D eigenvalue weighted by atomic mass is 10.2. The van der Waals surface area contributed by atoms with Gasteiger partial charge in [0.1, 0.15) is 17.1 Å². The molecule has 0 N–H and O–H groups in total. The van der Waals surface area contributed by atoms with Crippen LogP contribution in [0.2, 0.25) is 0 Å². The zero-order chi connectivity index (χ0) is 11.5. The zero-order valence-corrected chi connectivity index (χ0v) is 10.2. The quantitative estimate of drug-likeness (QED) is 0.624. The minimum atomic E-state index is -0.409. The Bertz CT molecular complexity index is 499. The molecule has 0 radical (unpaired) electrons. The van der Waals surface area contributed by atoms with E-state index < -0.39 is 5.97 Å². The van der Waals surface area contributed by atoms with Gasteiger partial charge in [-0.3, -0.25) is 0 Å². The highest BCUT2D eigenvalue weighted by Crippen LogP contribution is 2.18. The minimum Gasteiger partial charge on any atom is -0.469 e. The Morgan fingerprint density at radius 1 is 1.25 bits per heavy atom. The van der Waals surface area contributed by atoms with Crippen molar-refractivity contribution in [1.82, 2.24) is 0 Å². The number of carbonyl (C=O) groups is 1. The summed E-state index contributed by atoms with van der Waals surface area (Å²) in [6.07, 6.45) is 1.47. The summed E-state index contributed by atoms with van der Waals surface area (Å²) >= 11 is 3.31. The van der Waals surface area contributed by atoms with Crippen LogP contribution in [0, 0.1) is 6.92 Å². The summed E-state index contributed by atoms with van der Waals surface area (Å²) in [5.74, 6) is 0.657. The molecule has 2 rings (SSSR count). The first-order valence-corrected chi connectivity index (χ1v) is 5.48. The fourth-order valence-corrected chi connectivity index (χ4v) is 1.53. The maximum absolute atomic E-state index is 11.7. The van der Waals surface area contributed by atoms with Gasteiger partial charge < -0.3 is 9.15 Å². The van der Waals surface area contributed by atoms with Crippen molar-refractivity contribution < 1.29 is 13.9 Å². The molecule has 0 aliphatic rings. The Balaban J connectivity index is 2.14. The predicted octanol–water partition coefficient (Wildman–Crippen LogP) is 3.57. The van der Waals surface area contributed by atoms with Crippen molar-refractivity contribution in [2.24, 2.45) is 0 Å². The summed E-state index contributed by atoms with van der Waals surface area (Å²) in [7, 11) is 0. The van der Waals surface area contributed by atoms with Gasteiger partial charge >= 0.3 is 5.97 Å². The van der Waals surface area contributed by atoms with Crippen LogP contribution in [-0.4, -0.2) is 5.97 Å². The van der Waals surface area contributed by atoms with Crippen LogP contribution in [0.3, 0.4) is 0 Å². The summed E-state index contributed by atoms with van der Waals surface area (Å²) < 4.78 is 11.1. The maximum Gasteiger partial charge on any atom is 0.347 e. The SMILES string of the molecule is Cc1occc1C(=O)Oc1ccc(Br)cc1. The fourth-order valence-electron chi connectivity index (χ4n) is 1.26. The third kappa shape index (κ3) is 2.33. The van der Waals surface area contributed by atoms with Crippen LogP contribution < -0.4 is 4.74 Å². The van der Waals surface area contributed by atoms with Gasteiger partial charge in [-0.2, -0.15) is 0 Å². The lowest BCUT2D eigenvalue weighted by Crippen LogP contribution is -2.08. The molecule has 4 heteroatoms. The first kappa shape index (κ1) is 11.0. The molecule has 0 spiro atoms. The number of furan rings is 1. The molecule has 1 aromatic carbocycles. The topological polar surface area (TPSA) is 39.4 Å². The number of benzene rings is 1. The number of hydrogen-bond donors (Lipinski definition) is 0. The van der Waals surface area contributed by atoms with Crippen LogP contribution in [0.5, 0.6) is 5.75 Å². The van der Waals surface area contributed by atoms with Crippen molar-refractivity contribution in [3.8, 4) is 5.75 Å². The van der Waals surface area contributed by atoms with Gasteiger partial charge in [0.05, 0.1) is 6.26 Å². The van der Waals surface area contributed by atoms with E-state index in [9.17, 15) is 4.79 Å². The van der Waals surface area contributed by atoms with Crippen molar-refractivity contribution in [1.29, 1.82) is 0 Å². The van der Waals surface area contributed by atoms with Gasteiger partial charge in [0.15, 0.2) is 0 Å². The number of aryl methyl sites for hydroxylation is 1. The van der Waals surface area contributed by atoms with Crippen molar-refractivity contribution >= 4 is 21.9 Å². The minimum absolute atomic E-state index is 0.409. The first-order valence-electron chi connectivity index (χ1n) is 4.68. The van der Waals surface area contributed by atoms with Crippen molar-refractivity contribution in [2.45, 2.75) is 6.92 Å². The predicted molar refractivity (Wildman–Crippen MR) is 62.5 cm³/mol. The molecular formula is C12H9BrO3. The highest BCUT2D eigenvalue weighted by Gasteiger charge is 2.13. The molecule has 2 aromatic rings. The van der Waals surface area contributed by atoms with Crippen LogP contribution in [0.25, 0.3) is 0 Å². The number of rotatable bonds is 2. The molecule has 0 amide bonds. The van der Waals surface area contributed by atoms with Crippen LogP contribution in [-0.2, 0) is 0 Å². The van der Waals surface area contributed by atoms with Crippen molar-refractivity contribution in [3.05, 3.63) is 52.4 Å². The third-order valence-corrected chi connectivity index (χ3v) is 2.63. The van der Waals surface area contributed by atoms with Gasteiger partial charge in [-0.1, -0.05) is 15.9 Å². The smallest absolute Gasteiger partial charge is 0.347 e. The maximum atomic E-state index is 11.7. The van der Waals surface area contributed by atoms with E-state index in [1.165, 1.54) is 6.26 Å². The van der Waals surface area contributed by atoms with E-state index in [1.807, 2.05) is 12.1 Å². The molecule has 0 saturated carbocycles. The molecule has 3 nitrogen and oxygen atoms in total. The van der Waals surface area contributed by atoms with E-state index in [-0.39, 0.29) is 0 Å². The standard InChI is InChI=1S/C12H9BrO3/c1-8-11(6-7-15-8)12(14)16-10-4-2-9(13)3-5-10/h2-7H,1H3. The third-order valence-electron chi connectivity index (χ3n) is 2.10. The van der Waals surface area contributed by atoms with Crippen molar-refractivity contribution in [2.75, 3.05) is 0 Å². The second-order valence-electron chi connectivity index (χ2n) is 3.23. The second kappa shape index (κ2) is 4.53. The summed E-state index contributed by atoms with van der Waals surface area (Å²) in [5.41, 5.74) is 0.447. The van der Waals surface area contributed by atoms with E-state index in [2.05, 4.69) is 15.9 Å². The monoisotopic (exact) mass is 280 g/mol. The summed E-state index contributed by atoms with van der Waals surface area (Å²) in [6, 6.07) is 8.65. The molecule has 1 aromatic heterocycles. The van der Waals surface area contributed by atoms with Crippen LogP contribution in [0.4, 0.5) is 0 Å². The molecule has 82 valence electrons. The van der Waals surface area contributed by atoms with E-state index in [1.54, 1.807) is 25.1 Å². The zero-order valence-electron chi connectivity index (χ0n) is 8.57. The molecule has 0 atom stereocenters. The molecule has 1 heterocycles. The average molecular weight is 281 g/mol. The Hall–Kier alpha value is -1.55. The molecule has 0 bridgehead atoms. The molecule has 0 aliphatic carbocycles. The number of ether oxygens (including phenoxy) is 1. The Morgan fingerprint density at radius 2 is 1.94 bits per heavy atom. The van der Waals surface area contributed by atoms with Gasteiger partial charge in [-0.15, -0.1) is 0 Å². The normalized spacial score (nSPS) is 10.1. The molecule has 16 heavy (non-hydrogen) atoms. The lowest BCUT2D eigenvalue weighted by Gasteiger charge is -2.02. The Kier molecular flexibility index (Phi) is 3.10. The molecule has 0 saturated heterocycles. The van der Waals surface area contributed by atoms with Gasteiger partial charge in [-0.05, 0) is 37.3 Å². The fraction of sp³-hybridized carbons (Fsp3) is 0.0833. The summed E-state index contributed by atoms with van der Waals surface area (Å²) in [4.78, 5) is 11.7. The van der Waals surface area contributed by atoms with Gasteiger partial charge in [0, 0.05) is 4.47 Å². The number of halogens is 1. The Labute approximate surface area is 101 Å². The van der Waals surface area contributed by atoms with E-state index in [0.717, 1.165) is 4.47 Å². The summed E-state index contributed by atoms with van der Waals surface area (Å²) in [5, 5.41) is 0. The highest BCUT2D eigenvalue weighted by molar-refractivity contribution is 9.10. The Morgan fingerprint density at radius 3 is 2.50 bits per heavy atom. The van der Waals surface area contributed by atoms with Gasteiger partial charge in [-0.25, -0.2) is 4.79 Å². The first-order chi connectivity index (χ1) is 7.66. The number of carbonyl (C=O) groups excluding carboxylic acids is 1. The largest absolute Gasteiger partial charge is 0.469 e. The molecular weight excluding hydrogens is 272 g/mol. The summed E-state index contributed by atoms with van der Waals surface area (Å²) in [6.45, 7) is 1.72. The average Bonchev–Trinajstić information content (AvgIpc) is 2.68. The highest BCUT2D eigenvalue weighted by atomic mass is 79.9. The van der Waals surface area contributed by atoms with E-state index in [4.69, 9.17) is 9.15 Å². The van der Waals surface area contributed by atoms with E-state index in [0.29, 0.717) is 17.1 Å². The lowest BCUT2D eigenvalue weighted by molar-refractivity contribution is 0.0733. The number of hydrogen-bond acceptors (Lipinski definition) is 3.